The molecule has 0 bridgehead atoms. The largest absolute Gasteiger partial charge is 0.480 e. The lowest BCUT2D eigenvalue weighted by atomic mass is 9.83. The fourth-order valence-electron chi connectivity index (χ4n) is 4.60. The summed E-state index contributed by atoms with van der Waals surface area (Å²) in [5.41, 5.74) is -1.39. The van der Waals surface area contributed by atoms with Crippen LogP contribution in [-0.2, 0) is 24.7 Å². The van der Waals surface area contributed by atoms with Crippen molar-refractivity contribution >= 4 is 17.9 Å². The van der Waals surface area contributed by atoms with Crippen LogP contribution in [0.4, 0.5) is 4.39 Å². The van der Waals surface area contributed by atoms with E-state index in [1.54, 1.807) is 24.3 Å². The number of aliphatic carboxylic acids is 1. The lowest BCUT2D eigenvalue weighted by Crippen LogP contribution is -2.34. The maximum absolute atomic E-state index is 15.0. The summed E-state index contributed by atoms with van der Waals surface area (Å²) in [7, 11) is 0. The van der Waals surface area contributed by atoms with Crippen molar-refractivity contribution in [3.63, 3.8) is 0 Å². The summed E-state index contributed by atoms with van der Waals surface area (Å²) < 4.78 is 26.5. The van der Waals surface area contributed by atoms with Gasteiger partial charge in [0.15, 0.2) is 5.60 Å². The highest BCUT2D eigenvalue weighted by molar-refractivity contribution is 5.92. The topological polar surface area (TPSA) is 89.9 Å². The van der Waals surface area contributed by atoms with Gasteiger partial charge in [0.05, 0.1) is 11.7 Å². The fourth-order valence-corrected chi connectivity index (χ4v) is 4.60. The van der Waals surface area contributed by atoms with Crippen LogP contribution >= 0.6 is 0 Å². The number of carbonyl (C=O) groups excluding carboxylic acids is 2. The number of carboxylic acids is 1. The van der Waals surface area contributed by atoms with Crippen LogP contribution in [0.25, 0.3) is 0 Å². The minimum absolute atomic E-state index is 0.137. The van der Waals surface area contributed by atoms with Gasteiger partial charge in [-0.05, 0) is 31.9 Å². The molecule has 0 spiro atoms. The van der Waals surface area contributed by atoms with Gasteiger partial charge in [0.2, 0.25) is 0 Å². The van der Waals surface area contributed by atoms with Gasteiger partial charge in [0.1, 0.15) is 11.7 Å². The summed E-state index contributed by atoms with van der Waals surface area (Å²) in [5.74, 6) is -4.95. The molecule has 38 heavy (non-hydrogen) atoms. The molecule has 1 aliphatic rings. The molecule has 0 aromatic heterocycles. The Kier molecular flexibility index (Phi) is 13.2. The molecule has 0 aliphatic heterocycles. The minimum Gasteiger partial charge on any atom is -0.480 e. The molecule has 210 valence electrons. The van der Waals surface area contributed by atoms with E-state index >= 15 is 4.39 Å². The first-order valence-corrected chi connectivity index (χ1v) is 14.1. The zero-order chi connectivity index (χ0) is 28.0. The van der Waals surface area contributed by atoms with Crippen LogP contribution in [0, 0.1) is 5.92 Å². The van der Waals surface area contributed by atoms with Gasteiger partial charge in [0, 0.05) is 18.1 Å². The average Bonchev–Trinajstić information content (AvgIpc) is 2.88. The third-order valence-electron chi connectivity index (χ3n) is 6.81. The van der Waals surface area contributed by atoms with E-state index in [2.05, 4.69) is 13.8 Å². The Balaban J connectivity index is 2.22. The van der Waals surface area contributed by atoms with Gasteiger partial charge in [-0.3, -0.25) is 9.59 Å². The second kappa shape index (κ2) is 16.1. The third kappa shape index (κ3) is 9.41. The summed E-state index contributed by atoms with van der Waals surface area (Å²) in [6, 6.07) is 6.43. The molecule has 0 saturated carbocycles. The van der Waals surface area contributed by atoms with Crippen LogP contribution in [-0.4, -0.2) is 29.1 Å². The van der Waals surface area contributed by atoms with E-state index in [4.69, 9.17) is 9.47 Å². The van der Waals surface area contributed by atoms with Crippen LogP contribution < -0.4 is 0 Å². The van der Waals surface area contributed by atoms with E-state index in [9.17, 15) is 19.5 Å². The van der Waals surface area contributed by atoms with Crippen LogP contribution in [0.3, 0.4) is 0 Å². The number of benzene rings is 1. The third-order valence-corrected chi connectivity index (χ3v) is 6.81. The number of halogens is 1. The SMILES string of the molecule is CCCCCCCCCCC(=O)OC1(c2ccccc2C(=O)OC(C)CCCC)C=CC(C(=O)O)C(F)=C1. The molecule has 3 unspecified atom stereocenters. The van der Waals surface area contributed by atoms with Crippen LogP contribution in [0.2, 0.25) is 0 Å². The highest BCUT2D eigenvalue weighted by atomic mass is 19.1. The maximum atomic E-state index is 15.0. The van der Waals surface area contributed by atoms with E-state index in [1.807, 2.05) is 6.92 Å². The molecule has 6 nitrogen and oxygen atoms in total. The first kappa shape index (κ1) is 31.3. The highest BCUT2D eigenvalue weighted by Gasteiger charge is 2.41. The molecule has 1 aromatic rings. The Morgan fingerprint density at radius 1 is 0.974 bits per heavy atom. The van der Waals surface area contributed by atoms with Crippen molar-refractivity contribution < 1.29 is 33.4 Å². The van der Waals surface area contributed by atoms with Crippen molar-refractivity contribution in [2.24, 2.45) is 5.92 Å². The maximum Gasteiger partial charge on any atom is 0.338 e. The van der Waals surface area contributed by atoms with Gasteiger partial charge in [-0.1, -0.05) is 95.9 Å². The molecular weight excluding hydrogens is 487 g/mol. The van der Waals surface area contributed by atoms with Crippen LogP contribution in [0.5, 0.6) is 0 Å². The molecule has 0 fully saturated rings. The van der Waals surface area contributed by atoms with Crippen molar-refractivity contribution in [3.8, 4) is 0 Å². The molecule has 0 amide bonds. The lowest BCUT2D eigenvalue weighted by molar-refractivity contribution is -0.152. The van der Waals surface area contributed by atoms with Crippen molar-refractivity contribution in [1.82, 2.24) is 0 Å². The second-order valence-electron chi connectivity index (χ2n) is 10.1. The summed E-state index contributed by atoms with van der Waals surface area (Å²) in [4.78, 5) is 37.5. The molecule has 0 radical (unpaired) electrons. The highest BCUT2D eigenvalue weighted by Crippen LogP contribution is 2.39. The smallest absolute Gasteiger partial charge is 0.338 e. The molecule has 1 aliphatic carbocycles. The number of carbonyl (C=O) groups is 3. The average molecular weight is 531 g/mol. The van der Waals surface area contributed by atoms with E-state index in [-0.39, 0.29) is 23.7 Å². The second-order valence-corrected chi connectivity index (χ2v) is 10.1. The van der Waals surface area contributed by atoms with E-state index in [1.165, 1.54) is 31.8 Å². The number of hydrogen-bond donors (Lipinski definition) is 1. The Bertz CT molecular complexity index is 984. The van der Waals surface area contributed by atoms with Crippen LogP contribution in [0.15, 0.2) is 48.3 Å². The van der Waals surface area contributed by atoms with E-state index in [0.717, 1.165) is 44.3 Å². The summed E-state index contributed by atoms with van der Waals surface area (Å²) in [6.45, 7) is 6.04. The molecule has 3 atom stereocenters. The van der Waals surface area contributed by atoms with Crippen molar-refractivity contribution in [2.45, 2.75) is 110 Å². The van der Waals surface area contributed by atoms with Gasteiger partial charge in [-0.25, -0.2) is 9.18 Å². The number of ether oxygens (including phenoxy) is 2. The summed E-state index contributed by atoms with van der Waals surface area (Å²) >= 11 is 0. The molecule has 0 saturated heterocycles. The Morgan fingerprint density at radius 3 is 2.24 bits per heavy atom. The predicted molar refractivity (Wildman–Crippen MR) is 145 cm³/mol. The van der Waals surface area contributed by atoms with Crippen molar-refractivity contribution in [3.05, 3.63) is 59.4 Å². The molecule has 1 aromatic carbocycles. The van der Waals surface area contributed by atoms with E-state index in [0.29, 0.717) is 12.8 Å². The lowest BCUT2D eigenvalue weighted by Gasteiger charge is -2.32. The molecular formula is C31H43FO6. The Labute approximate surface area is 226 Å². The quantitative estimate of drug-likeness (QED) is 0.125. The van der Waals surface area contributed by atoms with Crippen molar-refractivity contribution in [1.29, 1.82) is 0 Å². The minimum atomic E-state index is -1.75. The monoisotopic (exact) mass is 530 g/mol. The molecule has 1 N–H and O–H groups in total. The predicted octanol–water partition coefficient (Wildman–Crippen LogP) is 7.82. The number of hydrogen-bond acceptors (Lipinski definition) is 5. The molecule has 2 rings (SSSR count). The molecule has 7 heteroatoms. The summed E-state index contributed by atoms with van der Waals surface area (Å²) in [5, 5.41) is 9.36. The number of unbranched alkanes of at least 4 members (excludes halogenated alkanes) is 8. The van der Waals surface area contributed by atoms with Gasteiger partial charge < -0.3 is 14.6 Å². The fraction of sp³-hybridized carbons (Fsp3) is 0.581. The van der Waals surface area contributed by atoms with Gasteiger partial charge in [0.25, 0.3) is 0 Å². The normalized spacial score (nSPS) is 19.5. The zero-order valence-electron chi connectivity index (χ0n) is 23.0. The summed E-state index contributed by atoms with van der Waals surface area (Å²) in [6.07, 6.45) is 14.4. The standard InChI is InChI=1S/C31H43FO6/c1-4-6-8-9-10-11-12-13-19-28(33)38-31(21-20-25(29(34)35)27(32)22-31)26-18-15-14-17-24(26)30(36)37-23(3)16-7-5-2/h14-15,17-18,20-23,25H,4-13,16,19H2,1-3H3,(H,34,35). The number of esters is 2. The van der Waals surface area contributed by atoms with Gasteiger partial charge >= 0.3 is 17.9 Å². The van der Waals surface area contributed by atoms with E-state index < -0.39 is 35.3 Å². The zero-order valence-corrected chi connectivity index (χ0v) is 23.0. The first-order valence-electron chi connectivity index (χ1n) is 14.1. The van der Waals surface area contributed by atoms with Gasteiger partial charge in [-0.15, -0.1) is 0 Å². The Morgan fingerprint density at radius 2 is 1.61 bits per heavy atom. The molecule has 0 heterocycles. The van der Waals surface area contributed by atoms with Crippen molar-refractivity contribution in [2.75, 3.05) is 0 Å². The Hall–Kier alpha value is -2.96. The first-order chi connectivity index (χ1) is 18.2. The number of carboxylic acid groups (broad SMARTS) is 1. The number of rotatable bonds is 17. The van der Waals surface area contributed by atoms with Gasteiger partial charge in [-0.2, -0.15) is 0 Å². The van der Waals surface area contributed by atoms with Crippen LogP contribution in [0.1, 0.15) is 114 Å².